The van der Waals surface area contributed by atoms with Crippen LogP contribution in [-0.2, 0) is 0 Å². The van der Waals surface area contributed by atoms with E-state index in [4.69, 9.17) is 22.1 Å². The predicted molar refractivity (Wildman–Crippen MR) is 92.1 cm³/mol. The third-order valence-corrected chi connectivity index (χ3v) is 5.19. The van der Waals surface area contributed by atoms with Gasteiger partial charge in [0.2, 0.25) is 0 Å². The van der Waals surface area contributed by atoms with Crippen molar-refractivity contribution in [2.75, 3.05) is 26.7 Å². The van der Waals surface area contributed by atoms with Gasteiger partial charge in [0.15, 0.2) is 0 Å². The second-order valence-electron chi connectivity index (χ2n) is 5.75. The summed E-state index contributed by atoms with van der Waals surface area (Å²) in [6.07, 6.45) is 5.15. The van der Waals surface area contributed by atoms with Gasteiger partial charge in [-0.15, -0.1) is 0 Å². The summed E-state index contributed by atoms with van der Waals surface area (Å²) in [6.45, 7) is 2.37. The van der Waals surface area contributed by atoms with Gasteiger partial charge in [0.05, 0.1) is 4.47 Å². The molecule has 118 valence electrons. The van der Waals surface area contributed by atoms with Crippen LogP contribution in [0, 0.1) is 5.92 Å². The third-order valence-electron chi connectivity index (χ3n) is 4.33. The number of hydrogen-bond acceptors (Lipinski definition) is 3. The van der Waals surface area contributed by atoms with E-state index in [0.717, 1.165) is 23.3 Å². The molecule has 2 rings (SSSR count). The highest BCUT2D eigenvalue weighted by molar-refractivity contribution is 9.10. The van der Waals surface area contributed by atoms with Crippen LogP contribution >= 0.6 is 27.5 Å². The van der Waals surface area contributed by atoms with E-state index in [1.54, 1.807) is 0 Å². The smallest absolute Gasteiger partial charge is 0.133 e. The third kappa shape index (κ3) is 4.85. The number of benzene rings is 1. The Morgan fingerprint density at radius 2 is 2.14 bits per heavy atom. The SMILES string of the molecule is CN(CCOc1ccc(Cl)cc1Br)C1CCCCC1CN. The average molecular weight is 376 g/mol. The maximum atomic E-state index is 5.93. The van der Waals surface area contributed by atoms with Crippen molar-refractivity contribution in [2.45, 2.75) is 31.7 Å². The Labute approximate surface area is 140 Å². The van der Waals surface area contributed by atoms with E-state index in [2.05, 4.69) is 27.9 Å². The van der Waals surface area contributed by atoms with Gasteiger partial charge >= 0.3 is 0 Å². The molecule has 2 unspecified atom stereocenters. The second-order valence-corrected chi connectivity index (χ2v) is 7.04. The first-order valence-electron chi connectivity index (χ1n) is 7.60. The molecule has 1 aromatic rings. The summed E-state index contributed by atoms with van der Waals surface area (Å²) < 4.78 is 6.74. The van der Waals surface area contributed by atoms with Crippen LogP contribution in [0.2, 0.25) is 5.02 Å². The van der Waals surface area contributed by atoms with E-state index >= 15 is 0 Å². The minimum absolute atomic E-state index is 0.598. The van der Waals surface area contributed by atoms with E-state index in [1.165, 1.54) is 25.7 Å². The zero-order chi connectivity index (χ0) is 15.2. The maximum absolute atomic E-state index is 5.93. The molecule has 3 nitrogen and oxygen atoms in total. The Hall–Kier alpha value is -0.290. The van der Waals surface area contributed by atoms with Crippen molar-refractivity contribution < 1.29 is 4.74 Å². The lowest BCUT2D eigenvalue weighted by molar-refractivity contribution is 0.115. The molecule has 0 saturated heterocycles. The van der Waals surface area contributed by atoms with Gasteiger partial charge in [0.25, 0.3) is 0 Å². The molecule has 2 N–H and O–H groups in total. The summed E-state index contributed by atoms with van der Waals surface area (Å²) in [5.74, 6) is 1.47. The standard InChI is InChI=1S/C16H24BrClN2O/c1-20(15-5-3-2-4-12(15)11-19)8-9-21-16-7-6-13(18)10-14(16)17/h6-7,10,12,15H,2-5,8-9,11,19H2,1H3. The zero-order valence-corrected chi connectivity index (χ0v) is 14.9. The Morgan fingerprint density at radius 3 is 2.86 bits per heavy atom. The van der Waals surface area contributed by atoms with Gasteiger partial charge in [0.1, 0.15) is 12.4 Å². The monoisotopic (exact) mass is 374 g/mol. The normalized spacial score (nSPS) is 22.5. The average Bonchev–Trinajstić information content (AvgIpc) is 2.49. The fraction of sp³-hybridized carbons (Fsp3) is 0.625. The molecule has 0 aromatic heterocycles. The minimum atomic E-state index is 0.598. The lowest BCUT2D eigenvalue weighted by atomic mass is 9.84. The van der Waals surface area contributed by atoms with E-state index in [0.29, 0.717) is 23.6 Å². The highest BCUT2D eigenvalue weighted by Gasteiger charge is 2.26. The summed E-state index contributed by atoms with van der Waals surface area (Å²) in [5.41, 5.74) is 5.91. The summed E-state index contributed by atoms with van der Waals surface area (Å²) in [6, 6.07) is 6.19. The summed E-state index contributed by atoms with van der Waals surface area (Å²) in [4.78, 5) is 2.40. The molecule has 2 atom stereocenters. The van der Waals surface area contributed by atoms with Gasteiger partial charge in [-0.1, -0.05) is 24.4 Å². The Morgan fingerprint density at radius 1 is 1.38 bits per heavy atom. The first-order valence-corrected chi connectivity index (χ1v) is 8.77. The largest absolute Gasteiger partial charge is 0.491 e. The van der Waals surface area contributed by atoms with Gasteiger partial charge in [0, 0.05) is 17.6 Å². The molecule has 21 heavy (non-hydrogen) atoms. The Kier molecular flexibility index (Phi) is 6.80. The van der Waals surface area contributed by atoms with Gasteiger partial charge in [-0.2, -0.15) is 0 Å². The molecule has 0 spiro atoms. The van der Waals surface area contributed by atoms with Crippen molar-refractivity contribution in [3.05, 3.63) is 27.7 Å². The summed E-state index contributed by atoms with van der Waals surface area (Å²) in [7, 11) is 2.18. The Balaban J connectivity index is 1.82. The fourth-order valence-corrected chi connectivity index (χ4v) is 3.90. The minimum Gasteiger partial charge on any atom is -0.491 e. The first-order chi connectivity index (χ1) is 10.1. The van der Waals surface area contributed by atoms with Gasteiger partial charge in [-0.05, 0) is 66.5 Å². The number of nitrogens with two attached hydrogens (primary N) is 1. The Bertz CT molecular complexity index is 458. The number of ether oxygens (including phenoxy) is 1. The van der Waals surface area contributed by atoms with Crippen LogP contribution in [0.1, 0.15) is 25.7 Å². The fourth-order valence-electron chi connectivity index (χ4n) is 3.10. The molecule has 1 aromatic carbocycles. The lowest BCUT2D eigenvalue weighted by Crippen LogP contribution is -2.44. The van der Waals surface area contributed by atoms with Gasteiger partial charge in [-0.3, -0.25) is 4.90 Å². The molecule has 1 aliphatic rings. The zero-order valence-electron chi connectivity index (χ0n) is 12.5. The highest BCUT2D eigenvalue weighted by atomic mass is 79.9. The van der Waals surface area contributed by atoms with Crippen molar-refractivity contribution in [1.29, 1.82) is 0 Å². The molecule has 1 saturated carbocycles. The van der Waals surface area contributed by atoms with Crippen LogP contribution < -0.4 is 10.5 Å². The molecule has 1 aliphatic carbocycles. The van der Waals surface area contributed by atoms with Gasteiger partial charge in [-0.25, -0.2) is 0 Å². The number of rotatable bonds is 6. The molecule has 0 heterocycles. The van der Waals surface area contributed by atoms with Crippen LogP contribution in [0.15, 0.2) is 22.7 Å². The molecule has 0 radical (unpaired) electrons. The maximum Gasteiger partial charge on any atom is 0.133 e. The topological polar surface area (TPSA) is 38.5 Å². The molecule has 0 amide bonds. The molecule has 0 bridgehead atoms. The van der Waals surface area contributed by atoms with Crippen molar-refractivity contribution in [1.82, 2.24) is 4.90 Å². The van der Waals surface area contributed by atoms with E-state index < -0.39 is 0 Å². The van der Waals surface area contributed by atoms with Crippen molar-refractivity contribution in [2.24, 2.45) is 11.7 Å². The first kappa shape index (κ1) is 17.1. The molecule has 5 heteroatoms. The van der Waals surface area contributed by atoms with E-state index in [-0.39, 0.29) is 0 Å². The highest BCUT2D eigenvalue weighted by Crippen LogP contribution is 2.29. The van der Waals surface area contributed by atoms with E-state index in [1.807, 2.05) is 18.2 Å². The van der Waals surface area contributed by atoms with E-state index in [9.17, 15) is 0 Å². The molecular formula is C16H24BrClN2O. The number of nitrogens with zero attached hydrogens (tertiary/aromatic N) is 1. The molecular weight excluding hydrogens is 352 g/mol. The lowest BCUT2D eigenvalue weighted by Gasteiger charge is -2.37. The van der Waals surface area contributed by atoms with Crippen LogP contribution in [0.5, 0.6) is 5.75 Å². The van der Waals surface area contributed by atoms with Crippen LogP contribution in [0.4, 0.5) is 0 Å². The number of likely N-dealkylation sites (N-methyl/N-ethyl adjacent to an activating group) is 1. The summed E-state index contributed by atoms with van der Waals surface area (Å²) >= 11 is 9.40. The number of hydrogen-bond donors (Lipinski definition) is 1. The van der Waals surface area contributed by atoms with Crippen molar-refractivity contribution >= 4 is 27.5 Å². The van der Waals surface area contributed by atoms with Crippen LogP contribution in [0.3, 0.4) is 0 Å². The summed E-state index contributed by atoms with van der Waals surface area (Å²) in [5, 5.41) is 0.708. The van der Waals surface area contributed by atoms with Crippen LogP contribution in [-0.4, -0.2) is 37.7 Å². The second kappa shape index (κ2) is 8.37. The quantitative estimate of drug-likeness (QED) is 0.818. The predicted octanol–water partition coefficient (Wildman–Crippen LogP) is 3.93. The van der Waals surface area contributed by atoms with Gasteiger partial charge < -0.3 is 10.5 Å². The van der Waals surface area contributed by atoms with Crippen molar-refractivity contribution in [3.8, 4) is 5.75 Å². The molecule has 0 aliphatic heterocycles. The number of halogens is 2. The molecule has 1 fully saturated rings. The van der Waals surface area contributed by atoms with Crippen LogP contribution in [0.25, 0.3) is 0 Å². The van der Waals surface area contributed by atoms with Crippen molar-refractivity contribution in [3.63, 3.8) is 0 Å².